The molecule has 0 atom stereocenters. The highest BCUT2D eigenvalue weighted by Gasteiger charge is 2.13. The molecule has 0 fully saturated rings. The second kappa shape index (κ2) is 7.55. The lowest BCUT2D eigenvalue weighted by Gasteiger charge is -2.09. The molecule has 1 aromatic heterocycles. The number of carbonyl (C=O) groups excluding carboxylic acids is 1. The number of aromatic amines is 1. The van der Waals surface area contributed by atoms with E-state index in [-0.39, 0.29) is 23.8 Å². The average Bonchev–Trinajstić information content (AvgIpc) is 3.04. The Kier molecular flexibility index (Phi) is 4.77. The lowest BCUT2D eigenvalue weighted by atomic mass is 10.1. The number of para-hydroxylation sites is 2. The summed E-state index contributed by atoms with van der Waals surface area (Å²) in [5.41, 5.74) is 8.59. The van der Waals surface area contributed by atoms with Gasteiger partial charge in [-0.3, -0.25) is 19.5 Å². The van der Waals surface area contributed by atoms with E-state index in [1.54, 1.807) is 48.5 Å². The Morgan fingerprint density at radius 3 is 2.53 bits per heavy atom. The summed E-state index contributed by atoms with van der Waals surface area (Å²) in [6.07, 6.45) is 0. The predicted octanol–water partition coefficient (Wildman–Crippen LogP) is 3.12. The third kappa shape index (κ3) is 3.63. The van der Waals surface area contributed by atoms with Crippen LogP contribution in [0.2, 0.25) is 0 Å². The van der Waals surface area contributed by atoms with Crippen LogP contribution in [-0.2, 0) is 6.54 Å². The number of hydrogen-bond acceptors (Lipinski definition) is 5. The maximum atomic E-state index is 12.4. The van der Waals surface area contributed by atoms with E-state index < -0.39 is 4.92 Å². The predicted molar refractivity (Wildman–Crippen MR) is 114 cm³/mol. The van der Waals surface area contributed by atoms with Gasteiger partial charge in [0.15, 0.2) is 0 Å². The number of carbonyl (C=O) groups is 1. The number of nitrogen functional groups attached to an aromatic ring is 1. The number of fused-ring (bicyclic) bond motifs is 1. The molecular weight excluding hydrogens is 386 g/mol. The number of H-pyrrole nitrogens is 1. The molecule has 0 saturated heterocycles. The zero-order chi connectivity index (χ0) is 21.3. The molecule has 0 aliphatic rings. The Bertz CT molecular complexity index is 1320. The number of hydrogen-bond donors (Lipinski definition) is 3. The number of rotatable bonds is 5. The first kappa shape index (κ1) is 18.9. The third-order valence-corrected chi connectivity index (χ3v) is 4.73. The van der Waals surface area contributed by atoms with Crippen molar-refractivity contribution in [3.63, 3.8) is 0 Å². The minimum Gasteiger partial charge on any atom is -0.397 e. The van der Waals surface area contributed by atoms with Gasteiger partial charge in [0.1, 0.15) is 0 Å². The van der Waals surface area contributed by atoms with E-state index >= 15 is 0 Å². The zero-order valence-corrected chi connectivity index (χ0v) is 15.7. The SMILES string of the molecule is Nc1ccccc1NC(=O)c1ccc(Cn2c(=O)[nH]c3cc([N+](=O)[O-])ccc32)cc1. The number of benzene rings is 3. The molecule has 0 aliphatic carbocycles. The summed E-state index contributed by atoms with van der Waals surface area (Å²) >= 11 is 0. The number of nitro groups is 1. The fourth-order valence-electron chi connectivity index (χ4n) is 3.17. The van der Waals surface area contributed by atoms with Crippen LogP contribution >= 0.6 is 0 Å². The molecule has 1 heterocycles. The summed E-state index contributed by atoms with van der Waals surface area (Å²) in [5.74, 6) is -0.295. The highest BCUT2D eigenvalue weighted by molar-refractivity contribution is 6.05. The fourth-order valence-corrected chi connectivity index (χ4v) is 3.17. The number of nitrogens with one attached hydrogen (secondary N) is 2. The van der Waals surface area contributed by atoms with Crippen molar-refractivity contribution in [2.24, 2.45) is 0 Å². The quantitative estimate of drug-likeness (QED) is 0.267. The molecule has 0 saturated carbocycles. The topological polar surface area (TPSA) is 136 Å². The van der Waals surface area contributed by atoms with Gasteiger partial charge in [-0.05, 0) is 35.9 Å². The first-order chi connectivity index (χ1) is 14.4. The van der Waals surface area contributed by atoms with Crippen molar-refractivity contribution < 1.29 is 9.72 Å². The first-order valence-electron chi connectivity index (χ1n) is 9.04. The van der Waals surface area contributed by atoms with E-state index in [0.717, 1.165) is 5.56 Å². The highest BCUT2D eigenvalue weighted by Crippen LogP contribution is 2.20. The van der Waals surface area contributed by atoms with E-state index in [9.17, 15) is 19.7 Å². The molecule has 1 amide bonds. The summed E-state index contributed by atoms with van der Waals surface area (Å²) in [6.45, 7) is 0.254. The summed E-state index contributed by atoms with van der Waals surface area (Å²) in [5, 5.41) is 13.7. The van der Waals surface area contributed by atoms with Gasteiger partial charge in [0.05, 0.1) is 33.9 Å². The van der Waals surface area contributed by atoms with Crippen molar-refractivity contribution in [3.8, 4) is 0 Å². The minimum atomic E-state index is -0.512. The Hall–Kier alpha value is -4.40. The van der Waals surface area contributed by atoms with Crippen LogP contribution in [-0.4, -0.2) is 20.4 Å². The van der Waals surface area contributed by atoms with Crippen LogP contribution in [0.25, 0.3) is 11.0 Å². The highest BCUT2D eigenvalue weighted by atomic mass is 16.6. The molecule has 4 N–H and O–H groups in total. The lowest BCUT2D eigenvalue weighted by Crippen LogP contribution is -2.17. The van der Waals surface area contributed by atoms with Crippen molar-refractivity contribution in [1.29, 1.82) is 0 Å². The largest absolute Gasteiger partial charge is 0.397 e. The van der Waals surface area contributed by atoms with Crippen molar-refractivity contribution in [3.05, 3.63) is 98.5 Å². The number of nitrogens with two attached hydrogens (primary N) is 1. The molecule has 9 heteroatoms. The molecule has 0 radical (unpaired) electrons. The van der Waals surface area contributed by atoms with Crippen molar-refractivity contribution in [1.82, 2.24) is 9.55 Å². The Balaban J connectivity index is 1.54. The maximum absolute atomic E-state index is 12.4. The molecule has 4 aromatic rings. The molecule has 150 valence electrons. The molecule has 0 bridgehead atoms. The van der Waals surface area contributed by atoms with Crippen LogP contribution < -0.4 is 16.7 Å². The fraction of sp³-hybridized carbons (Fsp3) is 0.0476. The van der Waals surface area contributed by atoms with E-state index in [0.29, 0.717) is 28.0 Å². The summed E-state index contributed by atoms with van der Waals surface area (Å²) in [4.78, 5) is 37.8. The lowest BCUT2D eigenvalue weighted by molar-refractivity contribution is -0.384. The number of anilines is 2. The monoisotopic (exact) mass is 403 g/mol. The van der Waals surface area contributed by atoms with E-state index in [1.165, 1.54) is 22.8 Å². The van der Waals surface area contributed by atoms with Gasteiger partial charge >= 0.3 is 5.69 Å². The van der Waals surface area contributed by atoms with Gasteiger partial charge in [-0.25, -0.2) is 4.79 Å². The third-order valence-electron chi connectivity index (χ3n) is 4.73. The van der Waals surface area contributed by atoms with Gasteiger partial charge in [0.2, 0.25) is 0 Å². The summed E-state index contributed by atoms with van der Waals surface area (Å²) < 4.78 is 1.48. The average molecular weight is 403 g/mol. The van der Waals surface area contributed by atoms with Crippen LogP contribution in [0.4, 0.5) is 17.1 Å². The van der Waals surface area contributed by atoms with Gasteiger partial charge in [-0.15, -0.1) is 0 Å². The molecule has 0 aliphatic heterocycles. The normalized spacial score (nSPS) is 10.8. The Morgan fingerprint density at radius 1 is 1.10 bits per heavy atom. The summed E-state index contributed by atoms with van der Waals surface area (Å²) in [6, 6.07) is 18.0. The van der Waals surface area contributed by atoms with Gasteiger partial charge in [0.25, 0.3) is 11.6 Å². The molecule has 4 rings (SSSR count). The number of aromatic nitrogens is 2. The zero-order valence-electron chi connectivity index (χ0n) is 15.7. The molecule has 3 aromatic carbocycles. The number of imidazole rings is 1. The standard InChI is InChI=1S/C21H17N5O4/c22-16-3-1-2-4-17(16)23-20(27)14-7-5-13(6-8-14)12-25-19-10-9-15(26(29)30)11-18(19)24-21(25)28/h1-11H,12,22H2,(H,23,27)(H,24,28). The Labute approximate surface area is 169 Å². The van der Waals surface area contributed by atoms with Gasteiger partial charge in [-0.2, -0.15) is 0 Å². The van der Waals surface area contributed by atoms with Crippen LogP contribution in [0.5, 0.6) is 0 Å². The van der Waals surface area contributed by atoms with Crippen LogP contribution in [0.15, 0.2) is 71.5 Å². The van der Waals surface area contributed by atoms with Gasteiger partial charge in [0, 0.05) is 17.7 Å². The summed E-state index contributed by atoms with van der Waals surface area (Å²) in [7, 11) is 0. The number of non-ortho nitro benzene ring substituents is 1. The van der Waals surface area contributed by atoms with E-state index in [4.69, 9.17) is 5.73 Å². The number of nitrogens with zero attached hydrogens (tertiary/aromatic N) is 2. The van der Waals surface area contributed by atoms with Crippen LogP contribution in [0.3, 0.4) is 0 Å². The molecule has 9 nitrogen and oxygen atoms in total. The Morgan fingerprint density at radius 2 is 1.83 bits per heavy atom. The van der Waals surface area contributed by atoms with Crippen molar-refractivity contribution in [2.45, 2.75) is 6.54 Å². The van der Waals surface area contributed by atoms with Gasteiger partial charge in [-0.1, -0.05) is 24.3 Å². The van der Waals surface area contributed by atoms with E-state index in [1.807, 2.05) is 0 Å². The number of amides is 1. The number of nitro benzene ring substituents is 1. The minimum absolute atomic E-state index is 0.0923. The smallest absolute Gasteiger partial charge is 0.326 e. The second-order valence-electron chi connectivity index (χ2n) is 6.71. The molecular formula is C21H17N5O4. The first-order valence-corrected chi connectivity index (χ1v) is 9.04. The van der Waals surface area contributed by atoms with Crippen LogP contribution in [0, 0.1) is 10.1 Å². The molecule has 0 spiro atoms. The maximum Gasteiger partial charge on any atom is 0.326 e. The van der Waals surface area contributed by atoms with Gasteiger partial charge < -0.3 is 16.0 Å². The van der Waals surface area contributed by atoms with Crippen molar-refractivity contribution in [2.75, 3.05) is 11.1 Å². The second-order valence-corrected chi connectivity index (χ2v) is 6.71. The van der Waals surface area contributed by atoms with Crippen molar-refractivity contribution >= 4 is 34.0 Å². The molecule has 0 unspecified atom stereocenters. The molecule has 30 heavy (non-hydrogen) atoms. The van der Waals surface area contributed by atoms with Crippen LogP contribution in [0.1, 0.15) is 15.9 Å². The van der Waals surface area contributed by atoms with E-state index in [2.05, 4.69) is 10.3 Å².